The van der Waals surface area contributed by atoms with Gasteiger partial charge in [0.1, 0.15) is 5.75 Å². The highest BCUT2D eigenvalue weighted by Crippen LogP contribution is 2.29. The second-order valence-corrected chi connectivity index (χ2v) is 6.01. The molecule has 0 saturated carbocycles. The molecule has 26 heavy (non-hydrogen) atoms. The van der Waals surface area contributed by atoms with E-state index in [0.29, 0.717) is 24.4 Å². The van der Waals surface area contributed by atoms with E-state index < -0.39 is 0 Å². The minimum Gasteiger partial charge on any atom is -0.455 e. The van der Waals surface area contributed by atoms with E-state index in [1.54, 1.807) is 0 Å². The zero-order valence-corrected chi connectivity index (χ0v) is 14.7. The van der Waals surface area contributed by atoms with Gasteiger partial charge < -0.3 is 15.4 Å². The van der Waals surface area contributed by atoms with E-state index in [1.165, 1.54) is 5.56 Å². The predicted octanol–water partition coefficient (Wildman–Crippen LogP) is 5.23. The first-order valence-corrected chi connectivity index (χ1v) is 8.63. The van der Waals surface area contributed by atoms with Crippen LogP contribution in [0.1, 0.15) is 12.0 Å². The van der Waals surface area contributed by atoms with Gasteiger partial charge in [0, 0.05) is 18.7 Å². The Morgan fingerprint density at radius 2 is 1.69 bits per heavy atom. The number of hydrogen-bond donors (Lipinski definition) is 2. The molecular formula is C22H22N2O2. The highest BCUT2D eigenvalue weighted by molar-refractivity contribution is 5.92. The average Bonchev–Trinajstić information content (AvgIpc) is 2.64. The third-order valence-corrected chi connectivity index (χ3v) is 3.83. The molecule has 0 aliphatic carbocycles. The second-order valence-electron chi connectivity index (χ2n) is 6.01. The summed E-state index contributed by atoms with van der Waals surface area (Å²) in [7, 11) is 0. The van der Waals surface area contributed by atoms with Crippen molar-refractivity contribution in [1.82, 2.24) is 0 Å². The number of carbonyl (C=O) groups is 1. The quantitative estimate of drug-likeness (QED) is 0.616. The summed E-state index contributed by atoms with van der Waals surface area (Å²) in [6.07, 6.45) is 0.369. The van der Waals surface area contributed by atoms with Gasteiger partial charge in [0.2, 0.25) is 5.91 Å². The smallest absolute Gasteiger partial charge is 0.226 e. The molecule has 0 aromatic heterocycles. The molecule has 4 heteroatoms. The van der Waals surface area contributed by atoms with Crippen molar-refractivity contribution in [2.75, 3.05) is 17.2 Å². The van der Waals surface area contributed by atoms with Gasteiger partial charge in [-0.3, -0.25) is 4.79 Å². The van der Waals surface area contributed by atoms with Crippen molar-refractivity contribution >= 4 is 17.3 Å². The Morgan fingerprint density at radius 3 is 2.50 bits per heavy atom. The van der Waals surface area contributed by atoms with Crippen LogP contribution >= 0.6 is 0 Å². The Kier molecular flexibility index (Phi) is 5.88. The van der Waals surface area contributed by atoms with E-state index in [9.17, 15) is 4.79 Å². The molecular weight excluding hydrogens is 324 g/mol. The Morgan fingerprint density at radius 1 is 0.923 bits per heavy atom. The normalized spacial score (nSPS) is 10.2. The first-order chi connectivity index (χ1) is 12.7. The summed E-state index contributed by atoms with van der Waals surface area (Å²) >= 11 is 0. The molecule has 2 N–H and O–H groups in total. The van der Waals surface area contributed by atoms with Crippen molar-refractivity contribution in [3.8, 4) is 11.5 Å². The Hall–Kier alpha value is -3.27. The molecule has 0 fully saturated rings. The number of carbonyl (C=O) groups excluding carboxylic acids is 1. The van der Waals surface area contributed by atoms with E-state index in [1.807, 2.05) is 79.7 Å². The number of benzene rings is 3. The van der Waals surface area contributed by atoms with Gasteiger partial charge >= 0.3 is 0 Å². The Labute approximate surface area is 153 Å². The maximum absolute atomic E-state index is 12.3. The molecule has 3 aromatic rings. The molecule has 0 aliphatic rings. The first-order valence-electron chi connectivity index (χ1n) is 8.63. The summed E-state index contributed by atoms with van der Waals surface area (Å²) < 4.78 is 5.87. The number of para-hydroxylation sites is 3. The van der Waals surface area contributed by atoms with Crippen LogP contribution in [0, 0.1) is 6.92 Å². The summed E-state index contributed by atoms with van der Waals surface area (Å²) in [5, 5.41) is 6.19. The number of ether oxygens (including phenoxy) is 1. The van der Waals surface area contributed by atoms with Gasteiger partial charge in [-0.15, -0.1) is 0 Å². The highest BCUT2D eigenvalue weighted by Gasteiger charge is 2.08. The van der Waals surface area contributed by atoms with E-state index in [2.05, 4.69) is 16.7 Å². The third kappa shape index (κ3) is 5.11. The monoisotopic (exact) mass is 346 g/mol. The van der Waals surface area contributed by atoms with Crippen molar-refractivity contribution in [2.45, 2.75) is 13.3 Å². The number of hydrogen-bond acceptors (Lipinski definition) is 3. The molecule has 0 heterocycles. The fourth-order valence-electron chi connectivity index (χ4n) is 2.56. The number of amides is 1. The van der Waals surface area contributed by atoms with Crippen LogP contribution in [0.3, 0.4) is 0 Å². The van der Waals surface area contributed by atoms with Crippen molar-refractivity contribution < 1.29 is 9.53 Å². The largest absolute Gasteiger partial charge is 0.455 e. The predicted molar refractivity (Wildman–Crippen MR) is 106 cm³/mol. The molecule has 3 aromatic carbocycles. The summed E-state index contributed by atoms with van der Waals surface area (Å²) in [4.78, 5) is 12.3. The maximum Gasteiger partial charge on any atom is 0.226 e. The summed E-state index contributed by atoms with van der Waals surface area (Å²) in [6, 6.07) is 25.0. The van der Waals surface area contributed by atoms with E-state index in [4.69, 9.17) is 4.74 Å². The first kappa shape index (κ1) is 17.5. The molecule has 0 unspecified atom stereocenters. The minimum absolute atomic E-state index is 0.0609. The molecule has 0 aliphatic heterocycles. The fourth-order valence-corrected chi connectivity index (χ4v) is 2.56. The molecule has 132 valence electrons. The van der Waals surface area contributed by atoms with Crippen molar-refractivity contribution in [1.29, 1.82) is 0 Å². The van der Waals surface area contributed by atoms with Crippen LogP contribution in [0.4, 0.5) is 11.4 Å². The zero-order valence-electron chi connectivity index (χ0n) is 14.7. The van der Waals surface area contributed by atoms with Crippen LogP contribution in [0.15, 0.2) is 78.9 Å². The average molecular weight is 346 g/mol. The van der Waals surface area contributed by atoms with Crippen molar-refractivity contribution in [2.24, 2.45) is 0 Å². The standard InChI is InChI=1S/C22H22N2O2/c1-17-8-7-9-18(16-17)23-15-14-22(25)24-20-12-5-6-13-21(20)26-19-10-3-2-4-11-19/h2-13,16,23H,14-15H2,1H3,(H,24,25). The lowest BCUT2D eigenvalue weighted by molar-refractivity contribution is -0.116. The lowest BCUT2D eigenvalue weighted by Gasteiger charge is -2.12. The van der Waals surface area contributed by atoms with Gasteiger partial charge in [-0.2, -0.15) is 0 Å². The van der Waals surface area contributed by atoms with Crippen LogP contribution in [0.25, 0.3) is 0 Å². The van der Waals surface area contributed by atoms with Crippen LogP contribution in [-0.2, 0) is 4.79 Å². The van der Waals surface area contributed by atoms with Gasteiger partial charge in [-0.1, -0.05) is 42.5 Å². The summed E-state index contributed by atoms with van der Waals surface area (Å²) in [5.74, 6) is 1.29. The number of anilines is 2. The zero-order chi connectivity index (χ0) is 18.2. The van der Waals surface area contributed by atoms with Crippen molar-refractivity contribution in [3.63, 3.8) is 0 Å². The van der Waals surface area contributed by atoms with E-state index >= 15 is 0 Å². The van der Waals surface area contributed by atoms with Crippen LogP contribution in [0.2, 0.25) is 0 Å². The SMILES string of the molecule is Cc1cccc(NCCC(=O)Nc2ccccc2Oc2ccccc2)c1. The van der Waals surface area contributed by atoms with Gasteiger partial charge in [0.05, 0.1) is 5.69 Å². The number of nitrogens with one attached hydrogen (secondary N) is 2. The topological polar surface area (TPSA) is 50.4 Å². The lowest BCUT2D eigenvalue weighted by atomic mass is 10.2. The molecule has 1 amide bonds. The van der Waals surface area contributed by atoms with Crippen molar-refractivity contribution in [3.05, 3.63) is 84.4 Å². The fraction of sp³-hybridized carbons (Fsp3) is 0.136. The molecule has 0 spiro atoms. The number of rotatable bonds is 7. The van der Waals surface area contributed by atoms with Gasteiger partial charge in [-0.05, 0) is 48.9 Å². The van der Waals surface area contributed by atoms with E-state index in [-0.39, 0.29) is 5.91 Å². The lowest BCUT2D eigenvalue weighted by Crippen LogP contribution is -2.16. The van der Waals surface area contributed by atoms with Gasteiger partial charge in [0.15, 0.2) is 5.75 Å². The number of aryl methyl sites for hydroxylation is 1. The third-order valence-electron chi connectivity index (χ3n) is 3.83. The molecule has 0 saturated heterocycles. The van der Waals surface area contributed by atoms with Crippen LogP contribution in [0.5, 0.6) is 11.5 Å². The van der Waals surface area contributed by atoms with Gasteiger partial charge in [-0.25, -0.2) is 0 Å². The van der Waals surface area contributed by atoms with E-state index in [0.717, 1.165) is 11.4 Å². The Balaban J connectivity index is 1.56. The molecule has 0 atom stereocenters. The molecule has 0 bridgehead atoms. The molecule has 3 rings (SSSR count). The molecule has 0 radical (unpaired) electrons. The highest BCUT2D eigenvalue weighted by atomic mass is 16.5. The minimum atomic E-state index is -0.0609. The van der Waals surface area contributed by atoms with Crippen LogP contribution in [-0.4, -0.2) is 12.5 Å². The van der Waals surface area contributed by atoms with Crippen LogP contribution < -0.4 is 15.4 Å². The summed E-state index contributed by atoms with van der Waals surface area (Å²) in [6.45, 7) is 2.61. The Bertz CT molecular complexity index is 863. The van der Waals surface area contributed by atoms with Gasteiger partial charge in [0.25, 0.3) is 0 Å². The second kappa shape index (κ2) is 8.72. The maximum atomic E-state index is 12.3. The molecule has 4 nitrogen and oxygen atoms in total. The summed E-state index contributed by atoms with van der Waals surface area (Å²) in [5.41, 5.74) is 2.87.